The Morgan fingerprint density at radius 1 is 1.28 bits per heavy atom. The van der Waals surface area contributed by atoms with Crippen molar-refractivity contribution in [2.45, 2.75) is 19.6 Å². The molecule has 0 spiro atoms. The van der Waals surface area contributed by atoms with Crippen LogP contribution in [0.2, 0.25) is 19.6 Å². The molecule has 0 fully saturated rings. The van der Waals surface area contributed by atoms with Gasteiger partial charge >= 0.3 is 5.82 Å². The number of nitrogens with zero attached hydrogens (tertiary/aromatic N) is 2. The van der Waals surface area contributed by atoms with Crippen LogP contribution in [0.1, 0.15) is 0 Å². The van der Waals surface area contributed by atoms with E-state index in [0.29, 0.717) is 5.69 Å². The number of benzene rings is 1. The average molecular weight is 261 g/mol. The van der Waals surface area contributed by atoms with Crippen molar-refractivity contribution in [2.24, 2.45) is 0 Å². The van der Waals surface area contributed by atoms with Gasteiger partial charge in [-0.15, -0.1) is 5.10 Å². The third-order valence-corrected chi connectivity index (χ3v) is 4.83. The number of aromatic amines is 1. The molecule has 6 heteroatoms. The number of rotatable bonds is 3. The quantitative estimate of drug-likeness (QED) is 0.524. The first-order valence-corrected chi connectivity index (χ1v) is 9.18. The second-order valence-corrected chi connectivity index (χ2v) is 10.3. The minimum Gasteiger partial charge on any atom is -0.358 e. The molecule has 0 bridgehead atoms. The minimum atomic E-state index is -1.38. The molecule has 0 atom stereocenters. The van der Waals surface area contributed by atoms with Gasteiger partial charge in [0.05, 0.1) is 14.1 Å². The standard InChI is InChI=1S/C12H15N3O2Si/c1-18(2,3)10-6-4-5-9(7-10)11-8-12(14-13-11)15(16)17/h4-8H,1-3H3,(H,13,14). The molecule has 94 valence electrons. The third kappa shape index (κ3) is 2.48. The van der Waals surface area contributed by atoms with E-state index < -0.39 is 13.0 Å². The van der Waals surface area contributed by atoms with Crippen molar-refractivity contribution in [1.82, 2.24) is 10.2 Å². The van der Waals surface area contributed by atoms with Crippen LogP contribution in [0.15, 0.2) is 30.3 Å². The molecule has 0 saturated heterocycles. The highest BCUT2D eigenvalue weighted by Gasteiger charge is 2.18. The maximum absolute atomic E-state index is 10.6. The van der Waals surface area contributed by atoms with Crippen LogP contribution in [0.3, 0.4) is 0 Å². The molecular formula is C12H15N3O2Si. The van der Waals surface area contributed by atoms with E-state index in [9.17, 15) is 10.1 Å². The van der Waals surface area contributed by atoms with Crippen LogP contribution in [0.25, 0.3) is 11.3 Å². The van der Waals surface area contributed by atoms with Gasteiger partial charge < -0.3 is 10.1 Å². The number of aromatic nitrogens is 2. The number of nitro groups is 1. The van der Waals surface area contributed by atoms with E-state index in [1.807, 2.05) is 12.1 Å². The molecule has 0 aliphatic carbocycles. The largest absolute Gasteiger partial charge is 0.358 e. The van der Waals surface area contributed by atoms with Crippen molar-refractivity contribution in [3.63, 3.8) is 0 Å². The molecule has 0 radical (unpaired) electrons. The molecule has 5 nitrogen and oxygen atoms in total. The fourth-order valence-corrected chi connectivity index (χ4v) is 2.88. The predicted octanol–water partition coefficient (Wildman–Crippen LogP) is 2.53. The van der Waals surface area contributed by atoms with Gasteiger partial charge in [-0.2, -0.15) is 0 Å². The Morgan fingerprint density at radius 3 is 2.56 bits per heavy atom. The molecule has 1 heterocycles. The molecule has 1 aromatic carbocycles. The number of nitrogens with one attached hydrogen (secondary N) is 1. The summed E-state index contributed by atoms with van der Waals surface area (Å²) >= 11 is 0. The molecule has 0 aliphatic rings. The van der Waals surface area contributed by atoms with Gasteiger partial charge in [-0.3, -0.25) is 0 Å². The Labute approximate surface area is 106 Å². The maximum atomic E-state index is 10.6. The van der Waals surface area contributed by atoms with Gasteiger partial charge in [0.15, 0.2) is 0 Å². The highest BCUT2D eigenvalue weighted by atomic mass is 28.3. The maximum Gasteiger partial charge on any atom is 0.343 e. The lowest BCUT2D eigenvalue weighted by Gasteiger charge is -2.16. The first kappa shape index (κ1) is 12.5. The van der Waals surface area contributed by atoms with Gasteiger partial charge in [0, 0.05) is 5.56 Å². The second kappa shape index (κ2) is 4.38. The lowest BCUT2D eigenvalue weighted by molar-refractivity contribution is -0.389. The van der Waals surface area contributed by atoms with Crippen LogP contribution < -0.4 is 5.19 Å². The Hall–Kier alpha value is -1.95. The first-order valence-electron chi connectivity index (χ1n) is 5.68. The fraction of sp³-hybridized carbons (Fsp3) is 0.250. The normalized spacial score (nSPS) is 11.5. The summed E-state index contributed by atoms with van der Waals surface area (Å²) < 4.78 is 0. The third-order valence-electron chi connectivity index (χ3n) is 2.79. The van der Waals surface area contributed by atoms with Crippen molar-refractivity contribution in [1.29, 1.82) is 0 Å². The van der Waals surface area contributed by atoms with Crippen LogP contribution in [0.4, 0.5) is 5.82 Å². The summed E-state index contributed by atoms with van der Waals surface area (Å²) in [6.45, 7) is 6.79. The van der Waals surface area contributed by atoms with Gasteiger partial charge in [0.25, 0.3) is 0 Å². The van der Waals surface area contributed by atoms with Crippen LogP contribution in [-0.2, 0) is 0 Å². The van der Waals surface area contributed by atoms with Gasteiger partial charge in [0.1, 0.15) is 5.69 Å². The van der Waals surface area contributed by atoms with E-state index in [4.69, 9.17) is 0 Å². The van der Waals surface area contributed by atoms with Crippen molar-refractivity contribution >= 4 is 19.1 Å². The summed E-state index contributed by atoms with van der Waals surface area (Å²) in [5.74, 6) is -0.0802. The monoisotopic (exact) mass is 261 g/mol. The molecule has 2 aromatic rings. The second-order valence-electron chi connectivity index (χ2n) is 5.23. The van der Waals surface area contributed by atoms with E-state index in [-0.39, 0.29) is 5.82 Å². The van der Waals surface area contributed by atoms with Gasteiger partial charge in [-0.05, 0) is 4.92 Å². The van der Waals surface area contributed by atoms with Crippen molar-refractivity contribution < 1.29 is 4.92 Å². The lowest BCUT2D eigenvalue weighted by atomic mass is 10.1. The highest BCUT2D eigenvalue weighted by Crippen LogP contribution is 2.20. The van der Waals surface area contributed by atoms with Crippen LogP contribution in [-0.4, -0.2) is 23.2 Å². The highest BCUT2D eigenvalue weighted by molar-refractivity contribution is 6.88. The van der Waals surface area contributed by atoms with Crippen LogP contribution >= 0.6 is 0 Å². The smallest absolute Gasteiger partial charge is 0.343 e. The van der Waals surface area contributed by atoms with Gasteiger partial charge in [-0.25, -0.2) is 0 Å². The number of hydrogen-bond donors (Lipinski definition) is 1. The molecule has 0 unspecified atom stereocenters. The molecular weight excluding hydrogens is 246 g/mol. The van der Waals surface area contributed by atoms with Crippen molar-refractivity contribution in [3.8, 4) is 11.3 Å². The Balaban J connectivity index is 2.41. The van der Waals surface area contributed by atoms with E-state index in [0.717, 1.165) is 5.56 Å². The van der Waals surface area contributed by atoms with Crippen LogP contribution in [0.5, 0.6) is 0 Å². The predicted molar refractivity (Wildman–Crippen MR) is 73.7 cm³/mol. The zero-order chi connectivity index (χ0) is 13.3. The summed E-state index contributed by atoms with van der Waals surface area (Å²) in [7, 11) is -1.38. The van der Waals surface area contributed by atoms with E-state index in [1.165, 1.54) is 11.3 Å². The first-order chi connectivity index (χ1) is 8.38. The Bertz CT molecular complexity index is 587. The van der Waals surface area contributed by atoms with Crippen LogP contribution in [0, 0.1) is 10.1 Å². The molecule has 0 aliphatic heterocycles. The van der Waals surface area contributed by atoms with E-state index in [2.05, 4.69) is 42.0 Å². The molecule has 18 heavy (non-hydrogen) atoms. The summed E-state index contributed by atoms with van der Waals surface area (Å²) in [4.78, 5) is 10.1. The number of H-pyrrole nitrogens is 1. The minimum absolute atomic E-state index is 0.0802. The molecule has 1 N–H and O–H groups in total. The zero-order valence-electron chi connectivity index (χ0n) is 10.6. The lowest BCUT2D eigenvalue weighted by Crippen LogP contribution is -2.37. The molecule has 0 amide bonds. The number of hydrogen-bond acceptors (Lipinski definition) is 3. The van der Waals surface area contributed by atoms with Gasteiger partial charge in [0.2, 0.25) is 0 Å². The summed E-state index contributed by atoms with van der Waals surface area (Å²) in [6, 6.07) is 9.54. The Kier molecular flexibility index (Phi) is 3.04. The van der Waals surface area contributed by atoms with E-state index in [1.54, 1.807) is 0 Å². The van der Waals surface area contributed by atoms with Crippen molar-refractivity contribution in [2.75, 3.05) is 0 Å². The topological polar surface area (TPSA) is 71.8 Å². The molecule has 1 aromatic heterocycles. The molecule has 2 rings (SSSR count). The Morgan fingerprint density at radius 2 is 2.00 bits per heavy atom. The fourth-order valence-electron chi connectivity index (χ4n) is 1.70. The van der Waals surface area contributed by atoms with E-state index >= 15 is 0 Å². The van der Waals surface area contributed by atoms with Crippen molar-refractivity contribution in [3.05, 3.63) is 40.4 Å². The summed E-state index contributed by atoms with van der Waals surface area (Å²) in [5, 5.41) is 18.3. The zero-order valence-corrected chi connectivity index (χ0v) is 11.6. The van der Waals surface area contributed by atoms with Gasteiger partial charge in [-0.1, -0.05) is 54.2 Å². The summed E-state index contributed by atoms with van der Waals surface area (Å²) in [5.41, 5.74) is 1.53. The SMILES string of the molecule is C[Si](C)(C)c1cccc(-c2cc([N+](=O)[O-])[nH]n2)c1. The molecule has 0 saturated carbocycles. The average Bonchev–Trinajstić information content (AvgIpc) is 2.77. The summed E-state index contributed by atoms with van der Waals surface area (Å²) in [6.07, 6.45) is 0.